The summed E-state index contributed by atoms with van der Waals surface area (Å²) in [7, 11) is 0. The van der Waals surface area contributed by atoms with Crippen molar-refractivity contribution in [1.29, 1.82) is 0 Å². The molecule has 0 unspecified atom stereocenters. The summed E-state index contributed by atoms with van der Waals surface area (Å²) in [6, 6.07) is 11.7. The van der Waals surface area contributed by atoms with Crippen LogP contribution in [0.5, 0.6) is 0 Å². The smallest absolute Gasteiger partial charge is 0.229 e. The third kappa shape index (κ3) is 3.66. The molecule has 0 atom stereocenters. The molecule has 0 aliphatic rings. The molecule has 2 N–H and O–H groups in total. The van der Waals surface area contributed by atoms with Crippen LogP contribution < -0.4 is 10.7 Å². The Labute approximate surface area is 134 Å². The largest absolute Gasteiger partial charge is 0.324 e. The Morgan fingerprint density at radius 1 is 1.09 bits per heavy atom. The first-order valence-corrected chi connectivity index (χ1v) is 7.41. The molecule has 23 heavy (non-hydrogen) atoms. The summed E-state index contributed by atoms with van der Waals surface area (Å²) in [6.07, 6.45) is 4.67. The van der Waals surface area contributed by atoms with Gasteiger partial charge >= 0.3 is 0 Å². The topological polar surface area (TPSA) is 54.8 Å². The van der Waals surface area contributed by atoms with Gasteiger partial charge in [0.05, 0.1) is 6.20 Å². The second kappa shape index (κ2) is 6.48. The number of nitrogens with zero attached hydrogens (tertiary/aromatic N) is 3. The second-order valence-electron chi connectivity index (χ2n) is 5.49. The van der Waals surface area contributed by atoms with Gasteiger partial charge in [-0.15, -0.1) is 0 Å². The maximum atomic E-state index is 13.8. The van der Waals surface area contributed by atoms with E-state index in [1.165, 1.54) is 5.56 Å². The summed E-state index contributed by atoms with van der Waals surface area (Å²) in [6.45, 7) is 4.29. The van der Waals surface area contributed by atoms with Crippen LogP contribution in [0.1, 0.15) is 25.3 Å². The van der Waals surface area contributed by atoms with Crippen LogP contribution in [0.15, 0.2) is 55.0 Å². The van der Waals surface area contributed by atoms with E-state index in [9.17, 15) is 4.39 Å². The maximum Gasteiger partial charge on any atom is 0.229 e. The minimum absolute atomic E-state index is 0.109. The van der Waals surface area contributed by atoms with Gasteiger partial charge in [0.25, 0.3) is 0 Å². The third-order valence-corrected chi connectivity index (χ3v) is 3.42. The van der Waals surface area contributed by atoms with Gasteiger partial charge in [0, 0.05) is 18.1 Å². The van der Waals surface area contributed by atoms with E-state index in [1.807, 2.05) is 24.3 Å². The Balaban J connectivity index is 1.77. The molecule has 0 aliphatic carbocycles. The zero-order valence-corrected chi connectivity index (χ0v) is 13.0. The molecule has 0 amide bonds. The van der Waals surface area contributed by atoms with Gasteiger partial charge in [0.2, 0.25) is 5.95 Å². The van der Waals surface area contributed by atoms with Gasteiger partial charge < -0.3 is 5.32 Å². The zero-order chi connectivity index (χ0) is 16.2. The molecule has 1 aromatic carbocycles. The number of benzene rings is 1. The van der Waals surface area contributed by atoms with E-state index >= 15 is 0 Å². The first kappa shape index (κ1) is 15.0. The van der Waals surface area contributed by atoms with Crippen LogP contribution in [0.2, 0.25) is 0 Å². The molecule has 6 heteroatoms. The maximum absolute atomic E-state index is 13.8. The Morgan fingerprint density at radius 2 is 1.78 bits per heavy atom. The highest BCUT2D eigenvalue weighted by atomic mass is 19.1. The number of anilines is 3. The van der Waals surface area contributed by atoms with Crippen LogP contribution in [0.25, 0.3) is 0 Å². The molecule has 0 radical (unpaired) electrons. The van der Waals surface area contributed by atoms with Crippen molar-refractivity contribution in [2.24, 2.45) is 0 Å². The standard InChI is InChI=1S/C17H18FN5/c1-12(2)13-5-7-14(8-6-13)20-17-19-11-15(18)16(21-17)22-23-9-3-4-10-23/h3-12H,1-2H3,(H2,19,20,21,22). The number of rotatable bonds is 5. The summed E-state index contributed by atoms with van der Waals surface area (Å²) in [5.74, 6) is 0.402. The fraction of sp³-hybridized carbons (Fsp3) is 0.176. The molecule has 3 rings (SSSR count). The summed E-state index contributed by atoms with van der Waals surface area (Å²) >= 11 is 0. The zero-order valence-electron chi connectivity index (χ0n) is 13.0. The van der Waals surface area contributed by atoms with E-state index in [2.05, 4.69) is 46.7 Å². The van der Waals surface area contributed by atoms with Crippen molar-refractivity contribution in [2.45, 2.75) is 19.8 Å². The minimum Gasteiger partial charge on any atom is -0.324 e. The van der Waals surface area contributed by atoms with Gasteiger partial charge in [-0.25, -0.2) is 9.37 Å². The summed E-state index contributed by atoms with van der Waals surface area (Å²) in [5.41, 5.74) is 4.96. The lowest BCUT2D eigenvalue weighted by Crippen LogP contribution is -2.11. The van der Waals surface area contributed by atoms with Crippen molar-refractivity contribution >= 4 is 17.5 Å². The van der Waals surface area contributed by atoms with Crippen LogP contribution >= 0.6 is 0 Å². The molecule has 0 saturated heterocycles. The van der Waals surface area contributed by atoms with Crippen molar-refractivity contribution in [3.8, 4) is 0 Å². The fourth-order valence-corrected chi connectivity index (χ4v) is 2.12. The number of hydrogen-bond acceptors (Lipinski definition) is 4. The van der Waals surface area contributed by atoms with E-state index in [1.54, 1.807) is 17.1 Å². The number of hydrogen-bond donors (Lipinski definition) is 2. The van der Waals surface area contributed by atoms with Crippen molar-refractivity contribution in [2.75, 3.05) is 10.7 Å². The Bertz CT molecular complexity index is 766. The molecular weight excluding hydrogens is 293 g/mol. The van der Waals surface area contributed by atoms with E-state index in [0.29, 0.717) is 11.9 Å². The average molecular weight is 311 g/mol. The van der Waals surface area contributed by atoms with E-state index in [0.717, 1.165) is 11.9 Å². The summed E-state index contributed by atoms with van der Waals surface area (Å²) < 4.78 is 15.4. The van der Waals surface area contributed by atoms with Crippen molar-refractivity contribution < 1.29 is 4.39 Å². The van der Waals surface area contributed by atoms with E-state index in [4.69, 9.17) is 0 Å². The highest BCUT2D eigenvalue weighted by molar-refractivity contribution is 5.55. The first-order chi connectivity index (χ1) is 11.1. The molecule has 2 aromatic heterocycles. The van der Waals surface area contributed by atoms with Gasteiger partial charge in [-0.2, -0.15) is 4.98 Å². The normalized spacial score (nSPS) is 10.8. The van der Waals surface area contributed by atoms with Gasteiger partial charge in [-0.3, -0.25) is 10.1 Å². The van der Waals surface area contributed by atoms with Crippen LogP contribution in [-0.4, -0.2) is 14.6 Å². The highest BCUT2D eigenvalue weighted by Crippen LogP contribution is 2.20. The van der Waals surface area contributed by atoms with Crippen molar-refractivity contribution in [1.82, 2.24) is 14.6 Å². The quantitative estimate of drug-likeness (QED) is 0.743. The Morgan fingerprint density at radius 3 is 2.43 bits per heavy atom. The van der Waals surface area contributed by atoms with E-state index in [-0.39, 0.29) is 5.82 Å². The molecule has 0 bridgehead atoms. The summed E-state index contributed by atoms with van der Waals surface area (Å²) in [5, 5.41) is 3.08. The van der Waals surface area contributed by atoms with Gasteiger partial charge in [-0.05, 0) is 35.7 Å². The van der Waals surface area contributed by atoms with Crippen LogP contribution in [0.3, 0.4) is 0 Å². The molecule has 0 aliphatic heterocycles. The predicted octanol–water partition coefficient (Wildman–Crippen LogP) is 4.16. The minimum atomic E-state index is -0.514. The molecule has 0 spiro atoms. The number of halogens is 1. The van der Waals surface area contributed by atoms with Crippen LogP contribution in [0.4, 0.5) is 21.8 Å². The predicted molar refractivity (Wildman–Crippen MR) is 89.3 cm³/mol. The monoisotopic (exact) mass is 311 g/mol. The lowest BCUT2D eigenvalue weighted by atomic mass is 10.0. The first-order valence-electron chi connectivity index (χ1n) is 7.41. The molecule has 0 saturated carbocycles. The molecule has 118 valence electrons. The Kier molecular flexibility index (Phi) is 4.23. The van der Waals surface area contributed by atoms with E-state index < -0.39 is 5.82 Å². The molecule has 0 fully saturated rings. The van der Waals surface area contributed by atoms with Crippen molar-refractivity contribution in [3.05, 3.63) is 66.4 Å². The lowest BCUT2D eigenvalue weighted by molar-refractivity contribution is 0.615. The number of nitrogens with one attached hydrogen (secondary N) is 2. The second-order valence-corrected chi connectivity index (χ2v) is 5.49. The molecule has 2 heterocycles. The Hall–Kier alpha value is -2.89. The highest BCUT2D eigenvalue weighted by Gasteiger charge is 2.07. The molecule has 3 aromatic rings. The third-order valence-electron chi connectivity index (χ3n) is 3.42. The molecular formula is C17H18FN5. The fourth-order valence-electron chi connectivity index (χ4n) is 2.12. The molecule has 5 nitrogen and oxygen atoms in total. The van der Waals surface area contributed by atoms with Crippen LogP contribution in [0, 0.1) is 5.82 Å². The SMILES string of the molecule is CC(C)c1ccc(Nc2ncc(F)c(Nn3cccc3)n2)cc1. The summed E-state index contributed by atoms with van der Waals surface area (Å²) in [4.78, 5) is 8.15. The van der Waals surface area contributed by atoms with Gasteiger partial charge in [0.1, 0.15) is 0 Å². The van der Waals surface area contributed by atoms with Crippen LogP contribution in [-0.2, 0) is 0 Å². The average Bonchev–Trinajstić information content (AvgIpc) is 3.04. The number of aromatic nitrogens is 3. The van der Waals surface area contributed by atoms with Gasteiger partial charge in [0.15, 0.2) is 11.6 Å². The van der Waals surface area contributed by atoms with Crippen molar-refractivity contribution in [3.63, 3.8) is 0 Å². The lowest BCUT2D eigenvalue weighted by Gasteiger charge is -2.11. The van der Waals surface area contributed by atoms with Gasteiger partial charge in [-0.1, -0.05) is 26.0 Å².